The Kier molecular flexibility index (Phi) is 11.2. The number of hydrogen-bond donors (Lipinski definition) is 2. The molecule has 0 spiro atoms. The molecule has 2 aromatic rings. The highest BCUT2D eigenvalue weighted by atomic mass is 35.5. The second-order valence-corrected chi connectivity index (χ2v) is 14.5. The van der Waals surface area contributed by atoms with Crippen LogP contribution in [0.4, 0.5) is 5.69 Å². The second kappa shape index (κ2) is 15.1. The van der Waals surface area contributed by atoms with Crippen LogP contribution in [0.1, 0.15) is 92.6 Å². The quantitative estimate of drug-likeness (QED) is 0.352. The summed E-state index contributed by atoms with van der Waals surface area (Å²) < 4.78 is 21.7. The first kappa shape index (κ1) is 32.1. The van der Waals surface area contributed by atoms with Crippen molar-refractivity contribution in [1.29, 1.82) is 0 Å². The number of amides is 1. The molecule has 0 saturated heterocycles. The normalized spacial score (nSPS) is 29.7. The minimum Gasteiger partial charge on any atom is -0.491 e. The summed E-state index contributed by atoms with van der Waals surface area (Å²) >= 11 is 6.37. The standard InChI is InChI=1S/C31H39ClN2O4S.C4H8/c1-3-5-21-14-25(32)10-12-26(21)24-17-34-16-23-8-11-27(23)29(35)7-4-6-20(2)19-39(37)33-31(36)22-9-13-30(38-18-24)28(34)15-22;1-2-4-3-1/h4,7,9-10,12-15,20,23-24,27,29,35H,3,5-6,8,11,16-19H2,1-2H3,(H,33,36);1-4H2/b7-4+;. The van der Waals surface area contributed by atoms with Crippen LogP contribution >= 0.6 is 11.6 Å². The van der Waals surface area contributed by atoms with Gasteiger partial charge in [-0.1, -0.05) is 75.8 Å². The van der Waals surface area contributed by atoms with E-state index < -0.39 is 17.1 Å². The molecule has 43 heavy (non-hydrogen) atoms. The largest absolute Gasteiger partial charge is 0.491 e. The number of fused-ring (bicyclic) bond motifs is 2. The molecular formula is C35H47ClN2O4S. The van der Waals surface area contributed by atoms with Gasteiger partial charge in [-0.25, -0.2) is 4.21 Å². The van der Waals surface area contributed by atoms with E-state index in [2.05, 4.69) is 28.7 Å². The van der Waals surface area contributed by atoms with E-state index in [-0.39, 0.29) is 23.7 Å². The first-order valence-corrected chi connectivity index (χ1v) is 17.9. The smallest absolute Gasteiger partial charge is 0.263 e. The van der Waals surface area contributed by atoms with Crippen LogP contribution in [0.2, 0.25) is 5.02 Å². The SMILES string of the molecule is C1CCC1.CCCc1cc(Cl)ccc1C1COc2ccc3cc2N(C1)CC1CCC1C(O)/C=C/CC(C)CS(=O)NC3=O. The molecule has 234 valence electrons. The van der Waals surface area contributed by atoms with Gasteiger partial charge in [-0.3, -0.25) is 9.52 Å². The number of benzene rings is 2. The van der Waals surface area contributed by atoms with Crippen molar-refractivity contribution < 1.29 is 18.8 Å². The fraction of sp³-hybridized carbons (Fsp3) is 0.571. The lowest BCUT2D eigenvalue weighted by molar-refractivity contribution is 0.0461. The van der Waals surface area contributed by atoms with E-state index >= 15 is 0 Å². The summed E-state index contributed by atoms with van der Waals surface area (Å²) in [6, 6.07) is 11.6. The number of carbonyl (C=O) groups excluding carboxylic acids is 1. The average molecular weight is 627 g/mol. The zero-order valence-electron chi connectivity index (χ0n) is 25.6. The van der Waals surface area contributed by atoms with Crippen molar-refractivity contribution in [2.24, 2.45) is 17.8 Å². The van der Waals surface area contributed by atoms with Crippen molar-refractivity contribution in [3.63, 3.8) is 0 Å². The third-order valence-corrected chi connectivity index (χ3v) is 10.9. The minimum atomic E-state index is -1.49. The highest BCUT2D eigenvalue weighted by molar-refractivity contribution is 7.83. The van der Waals surface area contributed by atoms with Crippen LogP contribution in [-0.2, 0) is 17.4 Å². The summed E-state index contributed by atoms with van der Waals surface area (Å²) in [6.07, 6.45) is 14.2. The van der Waals surface area contributed by atoms with E-state index in [0.717, 1.165) is 55.2 Å². The Morgan fingerprint density at radius 2 is 1.88 bits per heavy atom. The van der Waals surface area contributed by atoms with Gasteiger partial charge < -0.3 is 14.7 Å². The number of carbonyl (C=O) groups is 1. The van der Waals surface area contributed by atoms with Crippen LogP contribution in [0.25, 0.3) is 0 Å². The summed E-state index contributed by atoms with van der Waals surface area (Å²) in [6.45, 7) is 6.21. The molecule has 2 aromatic carbocycles. The van der Waals surface area contributed by atoms with Crippen molar-refractivity contribution in [3.8, 4) is 5.75 Å². The van der Waals surface area contributed by atoms with Gasteiger partial charge in [0.25, 0.3) is 5.91 Å². The number of halogens is 1. The highest BCUT2D eigenvalue weighted by Gasteiger charge is 2.38. The van der Waals surface area contributed by atoms with E-state index in [1.54, 1.807) is 6.07 Å². The summed E-state index contributed by atoms with van der Waals surface area (Å²) in [5.74, 6) is 1.55. The number of aliphatic hydroxyl groups is 1. The number of nitrogens with zero attached hydrogens (tertiary/aromatic N) is 1. The number of anilines is 1. The van der Waals surface area contributed by atoms with Gasteiger partial charge in [0.05, 0.1) is 18.4 Å². The molecule has 2 saturated carbocycles. The number of nitrogens with one attached hydrogen (secondary N) is 1. The van der Waals surface area contributed by atoms with Crippen LogP contribution in [0.3, 0.4) is 0 Å². The lowest BCUT2D eigenvalue weighted by Gasteiger charge is -2.42. The van der Waals surface area contributed by atoms with Crippen LogP contribution in [0.5, 0.6) is 5.75 Å². The Balaban J connectivity index is 0.000000850. The predicted molar refractivity (Wildman–Crippen MR) is 176 cm³/mol. The van der Waals surface area contributed by atoms with Gasteiger partial charge in [-0.05, 0) is 84.9 Å². The van der Waals surface area contributed by atoms with Crippen molar-refractivity contribution >= 4 is 34.2 Å². The lowest BCUT2D eigenvalue weighted by atomic mass is 9.70. The molecule has 6 atom stereocenters. The Morgan fingerprint density at radius 3 is 2.58 bits per heavy atom. The van der Waals surface area contributed by atoms with Crippen LogP contribution in [-0.4, -0.2) is 46.8 Å². The fourth-order valence-corrected chi connectivity index (χ4v) is 7.64. The molecule has 6 rings (SSSR count). The van der Waals surface area contributed by atoms with E-state index in [0.29, 0.717) is 30.3 Å². The van der Waals surface area contributed by atoms with Gasteiger partial charge >= 0.3 is 0 Å². The molecule has 1 amide bonds. The van der Waals surface area contributed by atoms with Gasteiger partial charge in [0.2, 0.25) is 0 Å². The first-order valence-electron chi connectivity index (χ1n) is 16.2. The Labute approximate surface area is 264 Å². The maximum absolute atomic E-state index is 13.1. The van der Waals surface area contributed by atoms with Gasteiger partial charge in [-0.15, -0.1) is 0 Å². The molecule has 2 heterocycles. The number of hydrogen-bond acceptors (Lipinski definition) is 5. The molecule has 4 aliphatic rings. The molecule has 6 nitrogen and oxygen atoms in total. The zero-order valence-corrected chi connectivity index (χ0v) is 27.2. The second-order valence-electron chi connectivity index (χ2n) is 12.8. The minimum absolute atomic E-state index is 0.122. The maximum Gasteiger partial charge on any atom is 0.263 e. The summed E-state index contributed by atoms with van der Waals surface area (Å²) in [7, 11) is -1.49. The number of rotatable bonds is 3. The van der Waals surface area contributed by atoms with E-state index in [1.807, 2.05) is 37.3 Å². The van der Waals surface area contributed by atoms with Gasteiger partial charge in [0, 0.05) is 35.3 Å². The van der Waals surface area contributed by atoms with Crippen molar-refractivity contribution in [2.75, 3.05) is 30.3 Å². The monoisotopic (exact) mass is 626 g/mol. The van der Waals surface area contributed by atoms with Crippen LogP contribution in [0, 0.1) is 17.8 Å². The molecule has 0 aromatic heterocycles. The van der Waals surface area contributed by atoms with E-state index in [1.165, 1.54) is 36.8 Å². The third kappa shape index (κ3) is 8.23. The Bertz CT molecular complexity index is 1310. The Morgan fingerprint density at radius 1 is 1.09 bits per heavy atom. The maximum atomic E-state index is 13.1. The third-order valence-electron chi connectivity index (χ3n) is 9.39. The van der Waals surface area contributed by atoms with E-state index in [4.69, 9.17) is 16.3 Å². The van der Waals surface area contributed by atoms with E-state index in [9.17, 15) is 14.1 Å². The van der Waals surface area contributed by atoms with Gasteiger partial charge in [0.1, 0.15) is 16.7 Å². The molecule has 8 heteroatoms. The molecule has 2 bridgehead atoms. The van der Waals surface area contributed by atoms with Gasteiger partial charge in [-0.2, -0.15) is 0 Å². The van der Waals surface area contributed by atoms with Crippen LogP contribution in [0.15, 0.2) is 48.6 Å². The fourth-order valence-electron chi connectivity index (χ4n) is 6.38. The highest BCUT2D eigenvalue weighted by Crippen LogP contribution is 2.42. The number of ether oxygens (including phenoxy) is 1. The summed E-state index contributed by atoms with van der Waals surface area (Å²) in [4.78, 5) is 15.4. The molecular weight excluding hydrogens is 580 g/mol. The first-order chi connectivity index (χ1) is 20.8. The Hall–Kier alpha value is -2.35. The topological polar surface area (TPSA) is 78.9 Å². The molecule has 2 N–H and O–H groups in total. The molecule has 0 radical (unpaired) electrons. The van der Waals surface area contributed by atoms with Crippen molar-refractivity contribution in [3.05, 3.63) is 70.3 Å². The predicted octanol–water partition coefficient (Wildman–Crippen LogP) is 7.21. The number of aryl methyl sites for hydroxylation is 1. The molecule has 2 aliphatic heterocycles. The number of aliphatic hydroxyl groups excluding tert-OH is 1. The molecule has 2 fully saturated rings. The van der Waals surface area contributed by atoms with Crippen molar-refractivity contribution in [2.45, 2.75) is 83.7 Å². The zero-order chi connectivity index (χ0) is 30.3. The van der Waals surface area contributed by atoms with Crippen LogP contribution < -0.4 is 14.4 Å². The summed E-state index contributed by atoms with van der Waals surface area (Å²) in [5, 5.41) is 11.7. The number of allylic oxidation sites excluding steroid dienone is 1. The lowest BCUT2D eigenvalue weighted by Crippen LogP contribution is -2.44. The molecule has 2 aliphatic carbocycles. The molecule has 6 unspecified atom stereocenters. The van der Waals surface area contributed by atoms with Crippen molar-refractivity contribution in [1.82, 2.24) is 4.72 Å². The average Bonchev–Trinajstić information content (AvgIpc) is 3.09. The van der Waals surface area contributed by atoms with Gasteiger partial charge in [0.15, 0.2) is 0 Å². The summed E-state index contributed by atoms with van der Waals surface area (Å²) in [5.41, 5.74) is 3.84.